The van der Waals surface area contributed by atoms with Crippen molar-refractivity contribution in [1.29, 1.82) is 0 Å². The number of nitrogens with one attached hydrogen (secondary N) is 1. The van der Waals surface area contributed by atoms with E-state index in [-0.39, 0.29) is 0 Å². The molecule has 0 fully saturated rings. The van der Waals surface area contributed by atoms with Crippen LogP contribution in [-0.4, -0.2) is 10.2 Å². The Hall–Kier alpha value is -1.57. The zero-order valence-electron chi connectivity index (χ0n) is 6.57. The molecule has 2 rings (SSSR count). The first-order valence-corrected chi connectivity index (χ1v) is 3.84. The van der Waals surface area contributed by atoms with Crippen molar-refractivity contribution < 1.29 is 0 Å². The van der Waals surface area contributed by atoms with E-state index >= 15 is 0 Å². The van der Waals surface area contributed by atoms with Crippen LogP contribution < -0.4 is 0 Å². The van der Waals surface area contributed by atoms with Gasteiger partial charge in [0.15, 0.2) is 0 Å². The number of hydrogen-bond acceptors (Lipinski definition) is 1. The van der Waals surface area contributed by atoms with Crippen molar-refractivity contribution >= 4 is 0 Å². The summed E-state index contributed by atoms with van der Waals surface area (Å²) in [5.41, 5.74) is 2.29. The summed E-state index contributed by atoms with van der Waals surface area (Å²) < 4.78 is 0. The smallest absolute Gasteiger partial charge is 0.0525 e. The molecule has 1 radical (unpaired) electrons. The molecule has 1 heterocycles. The Labute approximate surface area is 71.3 Å². The highest BCUT2D eigenvalue weighted by atomic mass is 15.1. The molecular weight excluding hydrogens is 148 g/mol. The second kappa shape index (κ2) is 3.22. The predicted octanol–water partition coefficient (Wildman–Crippen LogP) is 2.01. The summed E-state index contributed by atoms with van der Waals surface area (Å²) >= 11 is 0. The molecule has 2 aromatic rings. The molecule has 59 valence electrons. The van der Waals surface area contributed by atoms with Crippen molar-refractivity contribution in [2.75, 3.05) is 0 Å². The van der Waals surface area contributed by atoms with Crippen LogP contribution in [0.2, 0.25) is 0 Å². The van der Waals surface area contributed by atoms with Gasteiger partial charge in [0.25, 0.3) is 0 Å². The second-order valence-corrected chi connectivity index (χ2v) is 2.59. The number of H-pyrrole nitrogens is 1. The van der Waals surface area contributed by atoms with E-state index in [1.54, 1.807) is 6.20 Å². The molecule has 12 heavy (non-hydrogen) atoms. The maximum Gasteiger partial charge on any atom is 0.0525 e. The fraction of sp³-hybridized carbons (Fsp3) is 0. The number of aromatic nitrogens is 2. The molecule has 0 spiro atoms. The Morgan fingerprint density at radius 3 is 2.58 bits per heavy atom. The largest absolute Gasteiger partial charge is 0.285 e. The van der Waals surface area contributed by atoms with E-state index < -0.39 is 0 Å². The Balaban J connectivity index is 2.15. The van der Waals surface area contributed by atoms with Crippen LogP contribution in [0, 0.1) is 6.42 Å². The molecule has 1 aromatic carbocycles. The van der Waals surface area contributed by atoms with Gasteiger partial charge in [0.1, 0.15) is 0 Å². The van der Waals surface area contributed by atoms with Gasteiger partial charge in [-0.05, 0) is 11.1 Å². The molecule has 0 bridgehead atoms. The predicted molar refractivity (Wildman–Crippen MR) is 47.5 cm³/mol. The van der Waals surface area contributed by atoms with Gasteiger partial charge in [0.2, 0.25) is 0 Å². The van der Waals surface area contributed by atoms with Gasteiger partial charge in [-0.15, -0.1) is 0 Å². The quantitative estimate of drug-likeness (QED) is 0.709. The zero-order chi connectivity index (χ0) is 8.23. The third-order valence-electron chi connectivity index (χ3n) is 1.65. The minimum absolute atomic E-state index is 1.10. The van der Waals surface area contributed by atoms with Gasteiger partial charge >= 0.3 is 0 Å². The van der Waals surface area contributed by atoms with Crippen LogP contribution >= 0.6 is 0 Å². The molecule has 2 heteroatoms. The van der Waals surface area contributed by atoms with Crippen molar-refractivity contribution in [3.63, 3.8) is 0 Å². The van der Waals surface area contributed by atoms with Gasteiger partial charge < -0.3 is 0 Å². The number of rotatable bonds is 2. The molecule has 1 N–H and O–H groups in total. The third-order valence-corrected chi connectivity index (χ3v) is 1.65. The summed E-state index contributed by atoms with van der Waals surface area (Å²) in [6.45, 7) is 0. The standard InChI is InChI=1S/C10H9N2/c1-2-4-9(5-3-1)6-10-7-11-12-8-10/h1-8H,(H,11,12). The van der Waals surface area contributed by atoms with Gasteiger partial charge in [-0.2, -0.15) is 5.10 Å². The summed E-state index contributed by atoms with van der Waals surface area (Å²) in [4.78, 5) is 0. The zero-order valence-corrected chi connectivity index (χ0v) is 6.57. The number of hydrogen-bond donors (Lipinski definition) is 1. The van der Waals surface area contributed by atoms with E-state index in [2.05, 4.69) is 28.8 Å². The molecule has 0 aliphatic carbocycles. The number of aromatic amines is 1. The molecule has 0 aliphatic heterocycles. The maximum absolute atomic E-state index is 3.86. The van der Waals surface area contributed by atoms with E-state index in [1.807, 2.05) is 24.4 Å². The number of nitrogens with zero attached hydrogens (tertiary/aromatic N) is 1. The van der Waals surface area contributed by atoms with Crippen molar-refractivity contribution in [3.05, 3.63) is 60.3 Å². The third kappa shape index (κ3) is 1.53. The van der Waals surface area contributed by atoms with E-state index in [1.165, 1.54) is 5.56 Å². The van der Waals surface area contributed by atoms with Crippen molar-refractivity contribution in [1.82, 2.24) is 10.2 Å². The van der Waals surface area contributed by atoms with Gasteiger partial charge in [0, 0.05) is 12.6 Å². The molecule has 0 saturated heterocycles. The molecule has 0 unspecified atom stereocenters. The minimum Gasteiger partial charge on any atom is -0.285 e. The Morgan fingerprint density at radius 2 is 1.92 bits per heavy atom. The first kappa shape index (κ1) is 7.10. The molecule has 0 aliphatic rings. The lowest BCUT2D eigenvalue weighted by atomic mass is 10.1. The van der Waals surface area contributed by atoms with E-state index in [4.69, 9.17) is 0 Å². The highest BCUT2D eigenvalue weighted by molar-refractivity contribution is 5.33. The lowest BCUT2D eigenvalue weighted by molar-refractivity contribution is 1.09. The van der Waals surface area contributed by atoms with E-state index in [0.717, 1.165) is 5.56 Å². The van der Waals surface area contributed by atoms with Crippen molar-refractivity contribution in [2.45, 2.75) is 0 Å². The molecular formula is C10H9N2. The summed E-state index contributed by atoms with van der Waals surface area (Å²) in [6, 6.07) is 10.2. The normalized spacial score (nSPS) is 10.0. The summed E-state index contributed by atoms with van der Waals surface area (Å²) in [5, 5.41) is 6.63. The SMILES string of the molecule is [CH](c1ccccc1)c1cn[nH]c1. The van der Waals surface area contributed by atoms with E-state index in [9.17, 15) is 0 Å². The van der Waals surface area contributed by atoms with Gasteiger partial charge in [-0.1, -0.05) is 30.3 Å². The Bertz CT molecular complexity index is 324. The van der Waals surface area contributed by atoms with Crippen LogP contribution in [0.5, 0.6) is 0 Å². The van der Waals surface area contributed by atoms with Crippen LogP contribution in [0.4, 0.5) is 0 Å². The van der Waals surface area contributed by atoms with Gasteiger partial charge in [-0.25, -0.2) is 0 Å². The summed E-state index contributed by atoms with van der Waals surface area (Å²) in [6.07, 6.45) is 5.74. The fourth-order valence-corrected chi connectivity index (χ4v) is 1.08. The second-order valence-electron chi connectivity index (χ2n) is 2.59. The van der Waals surface area contributed by atoms with Gasteiger partial charge in [-0.3, -0.25) is 5.10 Å². The highest BCUT2D eigenvalue weighted by Crippen LogP contribution is 2.08. The molecule has 0 amide bonds. The Morgan fingerprint density at radius 1 is 1.08 bits per heavy atom. The van der Waals surface area contributed by atoms with Crippen LogP contribution in [-0.2, 0) is 0 Å². The lowest BCUT2D eigenvalue weighted by Crippen LogP contribution is -1.80. The molecule has 2 nitrogen and oxygen atoms in total. The average molecular weight is 157 g/mol. The topological polar surface area (TPSA) is 28.7 Å². The average Bonchev–Trinajstić information content (AvgIpc) is 2.59. The van der Waals surface area contributed by atoms with Crippen LogP contribution in [0.25, 0.3) is 0 Å². The van der Waals surface area contributed by atoms with Crippen LogP contribution in [0.15, 0.2) is 42.7 Å². The summed E-state index contributed by atoms with van der Waals surface area (Å²) in [7, 11) is 0. The van der Waals surface area contributed by atoms with Crippen LogP contribution in [0.1, 0.15) is 11.1 Å². The fourth-order valence-electron chi connectivity index (χ4n) is 1.08. The Kier molecular flexibility index (Phi) is 1.90. The monoisotopic (exact) mass is 157 g/mol. The van der Waals surface area contributed by atoms with Crippen molar-refractivity contribution in [2.24, 2.45) is 0 Å². The minimum atomic E-state index is 1.10. The molecule has 1 aromatic heterocycles. The maximum atomic E-state index is 3.86. The summed E-state index contributed by atoms with van der Waals surface area (Å²) in [5.74, 6) is 0. The van der Waals surface area contributed by atoms with Crippen LogP contribution in [0.3, 0.4) is 0 Å². The lowest BCUT2D eigenvalue weighted by Gasteiger charge is -1.94. The highest BCUT2D eigenvalue weighted by Gasteiger charge is 1.95. The van der Waals surface area contributed by atoms with Crippen molar-refractivity contribution in [3.8, 4) is 0 Å². The first-order chi connectivity index (χ1) is 5.95. The van der Waals surface area contributed by atoms with Gasteiger partial charge in [0.05, 0.1) is 6.20 Å². The van der Waals surface area contributed by atoms with E-state index in [0.29, 0.717) is 0 Å². The first-order valence-electron chi connectivity index (χ1n) is 3.84. The molecule has 0 atom stereocenters. The molecule has 0 saturated carbocycles. The number of benzene rings is 1.